The van der Waals surface area contributed by atoms with Gasteiger partial charge in [-0.25, -0.2) is 0 Å². The number of halogens is 3. The van der Waals surface area contributed by atoms with Gasteiger partial charge in [0.1, 0.15) is 0 Å². The van der Waals surface area contributed by atoms with Gasteiger partial charge >= 0.3 is 6.18 Å². The molecule has 0 heterocycles. The van der Waals surface area contributed by atoms with E-state index in [4.69, 9.17) is 9.47 Å². The van der Waals surface area contributed by atoms with Gasteiger partial charge in [0.05, 0.1) is 25.4 Å². The Labute approximate surface area is 109 Å². The Morgan fingerprint density at radius 1 is 1.16 bits per heavy atom. The van der Waals surface area contributed by atoms with Crippen LogP contribution in [-0.4, -0.2) is 32.7 Å². The van der Waals surface area contributed by atoms with E-state index in [9.17, 15) is 18.0 Å². The van der Waals surface area contributed by atoms with E-state index in [0.29, 0.717) is 13.2 Å². The molecule has 0 aliphatic rings. The summed E-state index contributed by atoms with van der Waals surface area (Å²) >= 11 is 0. The second kappa shape index (κ2) is 7.25. The zero-order valence-electron chi connectivity index (χ0n) is 10.5. The minimum absolute atomic E-state index is 0.0778. The summed E-state index contributed by atoms with van der Waals surface area (Å²) in [7, 11) is 1.51. The first-order chi connectivity index (χ1) is 8.96. The number of Topliss-reactive ketones (excluding diaryl/α,β-unsaturated/α-hetero) is 1. The number of methoxy groups -OCH3 is 1. The van der Waals surface area contributed by atoms with Crippen LogP contribution in [0.15, 0.2) is 24.3 Å². The van der Waals surface area contributed by atoms with Gasteiger partial charge in [-0.2, -0.15) is 13.2 Å². The molecule has 0 amide bonds. The molecule has 0 spiro atoms. The standard InChI is InChI=1S/C13H15F3O3/c1-18-8-9-19-7-6-12(17)10-4-2-3-5-11(10)13(14,15)16/h2-5H,6-9H2,1H3. The molecule has 3 nitrogen and oxygen atoms in total. The van der Waals surface area contributed by atoms with Gasteiger partial charge in [0.25, 0.3) is 0 Å². The lowest BCUT2D eigenvalue weighted by molar-refractivity contribution is -0.137. The lowest BCUT2D eigenvalue weighted by Gasteiger charge is -2.11. The molecule has 1 aromatic rings. The summed E-state index contributed by atoms with van der Waals surface area (Å²) < 4.78 is 47.9. The van der Waals surface area contributed by atoms with Crippen molar-refractivity contribution in [3.63, 3.8) is 0 Å². The van der Waals surface area contributed by atoms with Gasteiger partial charge in [0, 0.05) is 19.1 Å². The Balaban J connectivity index is 2.62. The van der Waals surface area contributed by atoms with Gasteiger partial charge in [-0.05, 0) is 6.07 Å². The highest BCUT2D eigenvalue weighted by atomic mass is 19.4. The molecule has 0 saturated heterocycles. The van der Waals surface area contributed by atoms with Crippen LogP contribution < -0.4 is 0 Å². The zero-order valence-corrected chi connectivity index (χ0v) is 10.5. The van der Waals surface area contributed by atoms with Crippen molar-refractivity contribution in [3.8, 4) is 0 Å². The van der Waals surface area contributed by atoms with Crippen molar-refractivity contribution in [2.45, 2.75) is 12.6 Å². The Kier molecular flexibility index (Phi) is 5.98. The first kappa shape index (κ1) is 15.7. The molecule has 1 aromatic carbocycles. The maximum atomic E-state index is 12.7. The van der Waals surface area contributed by atoms with E-state index in [1.165, 1.54) is 25.3 Å². The molecule has 0 saturated carbocycles. The van der Waals surface area contributed by atoms with Crippen molar-refractivity contribution in [1.82, 2.24) is 0 Å². The third-order valence-electron chi connectivity index (χ3n) is 2.44. The lowest BCUT2D eigenvalue weighted by Crippen LogP contribution is -2.14. The average molecular weight is 276 g/mol. The fourth-order valence-corrected chi connectivity index (χ4v) is 1.52. The predicted molar refractivity (Wildman–Crippen MR) is 63.1 cm³/mol. The summed E-state index contributed by atoms with van der Waals surface area (Å²) in [5.41, 5.74) is -1.22. The van der Waals surface area contributed by atoms with Crippen LogP contribution in [0.25, 0.3) is 0 Å². The van der Waals surface area contributed by atoms with Crippen LogP contribution >= 0.6 is 0 Å². The number of benzene rings is 1. The molecule has 6 heteroatoms. The van der Waals surface area contributed by atoms with Gasteiger partial charge in [0.15, 0.2) is 5.78 Å². The highest BCUT2D eigenvalue weighted by Gasteiger charge is 2.34. The zero-order chi connectivity index (χ0) is 14.3. The van der Waals surface area contributed by atoms with E-state index in [1.807, 2.05) is 0 Å². The Bertz CT molecular complexity index is 416. The number of ether oxygens (including phenoxy) is 2. The van der Waals surface area contributed by atoms with Crippen molar-refractivity contribution in [1.29, 1.82) is 0 Å². The minimum Gasteiger partial charge on any atom is -0.382 e. The van der Waals surface area contributed by atoms with Crippen LogP contribution in [0, 0.1) is 0 Å². The normalized spacial score (nSPS) is 11.6. The topological polar surface area (TPSA) is 35.5 Å². The van der Waals surface area contributed by atoms with Crippen molar-refractivity contribution < 1.29 is 27.4 Å². The highest BCUT2D eigenvalue weighted by molar-refractivity contribution is 5.97. The van der Waals surface area contributed by atoms with E-state index >= 15 is 0 Å². The van der Waals surface area contributed by atoms with Crippen molar-refractivity contribution in [2.24, 2.45) is 0 Å². The van der Waals surface area contributed by atoms with Crippen LogP contribution in [0.2, 0.25) is 0 Å². The van der Waals surface area contributed by atoms with Crippen molar-refractivity contribution in [2.75, 3.05) is 26.9 Å². The fraction of sp³-hybridized carbons (Fsp3) is 0.462. The first-order valence-corrected chi connectivity index (χ1v) is 5.73. The SMILES string of the molecule is COCCOCCC(=O)c1ccccc1C(F)(F)F. The number of rotatable bonds is 7. The quantitative estimate of drug-likeness (QED) is 0.567. The largest absolute Gasteiger partial charge is 0.417 e. The number of hydrogen-bond donors (Lipinski definition) is 0. The van der Waals surface area contributed by atoms with Gasteiger partial charge in [-0.15, -0.1) is 0 Å². The molecular formula is C13H15F3O3. The molecule has 0 fully saturated rings. The summed E-state index contributed by atoms with van der Waals surface area (Å²) in [4.78, 5) is 11.7. The molecule has 106 valence electrons. The number of hydrogen-bond acceptors (Lipinski definition) is 3. The fourth-order valence-electron chi connectivity index (χ4n) is 1.52. The molecular weight excluding hydrogens is 261 g/mol. The molecule has 1 rings (SSSR count). The molecule has 0 N–H and O–H groups in total. The monoisotopic (exact) mass is 276 g/mol. The average Bonchev–Trinajstić information content (AvgIpc) is 2.37. The first-order valence-electron chi connectivity index (χ1n) is 5.73. The van der Waals surface area contributed by atoms with Crippen LogP contribution in [0.4, 0.5) is 13.2 Å². The van der Waals surface area contributed by atoms with Gasteiger partial charge in [-0.1, -0.05) is 18.2 Å². The van der Waals surface area contributed by atoms with Crippen LogP contribution in [0.1, 0.15) is 22.3 Å². The van der Waals surface area contributed by atoms with Crippen LogP contribution in [0.5, 0.6) is 0 Å². The Morgan fingerprint density at radius 3 is 2.47 bits per heavy atom. The molecule has 0 aliphatic heterocycles. The number of carbonyl (C=O) groups is 1. The summed E-state index contributed by atoms with van der Waals surface area (Å²) in [6.45, 7) is 0.770. The maximum Gasteiger partial charge on any atom is 0.417 e. The molecule has 19 heavy (non-hydrogen) atoms. The van der Waals surface area contributed by atoms with Gasteiger partial charge in [-0.3, -0.25) is 4.79 Å². The Morgan fingerprint density at radius 2 is 1.84 bits per heavy atom. The molecule has 0 aliphatic carbocycles. The highest BCUT2D eigenvalue weighted by Crippen LogP contribution is 2.32. The molecule has 0 radical (unpaired) electrons. The van der Waals surface area contributed by atoms with E-state index in [2.05, 4.69) is 0 Å². The Hall–Kier alpha value is -1.40. The van der Waals surface area contributed by atoms with E-state index in [-0.39, 0.29) is 18.6 Å². The summed E-state index contributed by atoms with van der Waals surface area (Å²) in [5.74, 6) is -0.578. The smallest absolute Gasteiger partial charge is 0.382 e. The third-order valence-corrected chi connectivity index (χ3v) is 2.44. The minimum atomic E-state index is -4.52. The predicted octanol–water partition coefficient (Wildman–Crippen LogP) is 2.94. The molecule has 0 atom stereocenters. The number of alkyl halides is 3. The van der Waals surface area contributed by atoms with E-state index in [1.54, 1.807) is 0 Å². The molecule has 0 unspecified atom stereocenters. The summed E-state index contributed by atoms with van der Waals surface area (Å²) in [6, 6.07) is 4.75. The third kappa shape index (κ3) is 5.00. The van der Waals surface area contributed by atoms with E-state index in [0.717, 1.165) is 6.07 Å². The number of ketones is 1. The number of carbonyl (C=O) groups excluding carboxylic acids is 1. The summed E-state index contributed by atoms with van der Waals surface area (Å²) in [6.07, 6.45) is -4.61. The second-order valence-electron chi connectivity index (χ2n) is 3.82. The van der Waals surface area contributed by atoms with Crippen molar-refractivity contribution >= 4 is 5.78 Å². The lowest BCUT2D eigenvalue weighted by atomic mass is 10.0. The van der Waals surface area contributed by atoms with Crippen LogP contribution in [-0.2, 0) is 15.7 Å². The van der Waals surface area contributed by atoms with Gasteiger partial charge < -0.3 is 9.47 Å². The van der Waals surface area contributed by atoms with Crippen LogP contribution in [0.3, 0.4) is 0 Å². The molecule has 0 bridgehead atoms. The molecule has 0 aromatic heterocycles. The van der Waals surface area contributed by atoms with E-state index < -0.39 is 17.5 Å². The maximum absolute atomic E-state index is 12.7. The summed E-state index contributed by atoms with van der Waals surface area (Å²) in [5, 5.41) is 0. The van der Waals surface area contributed by atoms with Crippen molar-refractivity contribution in [3.05, 3.63) is 35.4 Å². The second-order valence-corrected chi connectivity index (χ2v) is 3.82. The van der Waals surface area contributed by atoms with Gasteiger partial charge in [0.2, 0.25) is 0 Å².